The fraction of sp³-hybridized carbons (Fsp3) is 0.136. The molecule has 0 atom stereocenters. The summed E-state index contributed by atoms with van der Waals surface area (Å²) in [5, 5.41) is 1.56. The number of carbonyl (C=O) groups is 1. The van der Waals surface area contributed by atoms with E-state index in [1.165, 1.54) is 11.7 Å². The number of nitrogen functional groups attached to an aromatic ring is 1. The van der Waals surface area contributed by atoms with Crippen LogP contribution in [0.5, 0.6) is 5.75 Å². The van der Waals surface area contributed by atoms with Gasteiger partial charge in [0.1, 0.15) is 17.1 Å². The molecule has 0 spiro atoms. The molecule has 0 aliphatic carbocycles. The number of hydrogen-bond acceptors (Lipinski definition) is 6. The standard InChI is InChI=1S/C22H19N3O4/c1-3-29-22(27)18-15-10-9-14(28-2)12-16(15)21(26)25(20(18)23)17-8-4-6-13-7-5-11-24-19(13)17/h4-12H,3,23H2,1-2H3. The molecule has 0 fully saturated rings. The van der Waals surface area contributed by atoms with Crippen molar-refractivity contribution in [2.45, 2.75) is 6.92 Å². The number of fused-ring (bicyclic) bond motifs is 2. The number of nitrogens with zero attached hydrogens (tertiary/aromatic N) is 2. The van der Waals surface area contributed by atoms with Gasteiger partial charge in [-0.25, -0.2) is 4.79 Å². The number of hydrogen-bond donors (Lipinski definition) is 1. The first kappa shape index (κ1) is 18.5. The molecular weight excluding hydrogens is 370 g/mol. The fourth-order valence-electron chi connectivity index (χ4n) is 3.45. The Bertz CT molecular complexity index is 1310. The van der Waals surface area contributed by atoms with Crippen molar-refractivity contribution in [1.82, 2.24) is 9.55 Å². The van der Waals surface area contributed by atoms with Crippen LogP contribution in [-0.4, -0.2) is 29.2 Å². The number of methoxy groups -OCH3 is 1. The number of aromatic nitrogens is 2. The number of ether oxygens (including phenoxy) is 2. The summed E-state index contributed by atoms with van der Waals surface area (Å²) in [4.78, 5) is 30.6. The van der Waals surface area contributed by atoms with Gasteiger partial charge >= 0.3 is 5.97 Å². The van der Waals surface area contributed by atoms with E-state index in [1.54, 1.807) is 37.4 Å². The van der Waals surface area contributed by atoms with Crippen LogP contribution < -0.4 is 16.0 Å². The van der Waals surface area contributed by atoms with E-state index in [0.717, 1.165) is 5.39 Å². The Balaban J connectivity index is 2.16. The average molecular weight is 389 g/mol. The van der Waals surface area contributed by atoms with E-state index in [0.29, 0.717) is 27.7 Å². The molecule has 0 unspecified atom stereocenters. The highest BCUT2D eigenvalue weighted by molar-refractivity contribution is 6.09. The van der Waals surface area contributed by atoms with Crippen molar-refractivity contribution in [3.8, 4) is 11.4 Å². The van der Waals surface area contributed by atoms with Gasteiger partial charge < -0.3 is 15.2 Å². The Kier molecular flexibility index (Phi) is 4.64. The summed E-state index contributed by atoms with van der Waals surface area (Å²) in [5.74, 6) is -0.0943. The number of esters is 1. The van der Waals surface area contributed by atoms with Crippen LogP contribution in [0, 0.1) is 0 Å². The molecule has 0 bridgehead atoms. The molecule has 7 heteroatoms. The monoisotopic (exact) mass is 389 g/mol. The summed E-state index contributed by atoms with van der Waals surface area (Å²) < 4.78 is 11.8. The maximum Gasteiger partial charge on any atom is 0.342 e. The van der Waals surface area contributed by atoms with Crippen molar-refractivity contribution in [2.24, 2.45) is 0 Å². The Labute approximate surface area is 166 Å². The van der Waals surface area contributed by atoms with E-state index in [4.69, 9.17) is 15.2 Å². The van der Waals surface area contributed by atoms with Gasteiger partial charge in [0.2, 0.25) is 0 Å². The number of benzene rings is 2. The smallest absolute Gasteiger partial charge is 0.342 e. The minimum absolute atomic E-state index is 0.00395. The van der Waals surface area contributed by atoms with E-state index < -0.39 is 5.97 Å². The summed E-state index contributed by atoms with van der Waals surface area (Å²) in [7, 11) is 1.51. The molecule has 2 N–H and O–H groups in total. The third-order valence-corrected chi connectivity index (χ3v) is 4.76. The van der Waals surface area contributed by atoms with Crippen LogP contribution in [0.15, 0.2) is 59.5 Å². The highest BCUT2D eigenvalue weighted by atomic mass is 16.5. The largest absolute Gasteiger partial charge is 0.497 e. The second kappa shape index (κ2) is 7.27. The lowest BCUT2D eigenvalue weighted by molar-refractivity contribution is 0.0529. The first-order valence-electron chi connectivity index (χ1n) is 9.10. The summed E-state index contributed by atoms with van der Waals surface area (Å²) in [6.07, 6.45) is 1.64. The van der Waals surface area contributed by atoms with Crippen LogP contribution in [-0.2, 0) is 4.74 Å². The van der Waals surface area contributed by atoms with Crippen molar-refractivity contribution < 1.29 is 14.3 Å². The zero-order chi connectivity index (χ0) is 20.5. The third kappa shape index (κ3) is 2.97. The molecule has 146 valence electrons. The number of nitrogens with two attached hydrogens (primary N) is 1. The SMILES string of the molecule is CCOC(=O)c1c(N)n(-c2cccc3cccnc23)c(=O)c2cc(OC)ccc12. The molecule has 2 aromatic carbocycles. The zero-order valence-electron chi connectivity index (χ0n) is 16.0. The molecular formula is C22H19N3O4. The lowest BCUT2D eigenvalue weighted by atomic mass is 10.0. The van der Waals surface area contributed by atoms with E-state index in [2.05, 4.69) is 4.98 Å². The van der Waals surface area contributed by atoms with Gasteiger partial charge in [0.15, 0.2) is 0 Å². The second-order valence-electron chi connectivity index (χ2n) is 6.39. The van der Waals surface area contributed by atoms with Crippen molar-refractivity contribution >= 4 is 33.5 Å². The lowest BCUT2D eigenvalue weighted by Gasteiger charge is -2.17. The molecule has 4 rings (SSSR count). The summed E-state index contributed by atoms with van der Waals surface area (Å²) >= 11 is 0. The molecule has 0 aliphatic heterocycles. The molecule has 29 heavy (non-hydrogen) atoms. The van der Waals surface area contributed by atoms with Gasteiger partial charge in [-0.05, 0) is 37.3 Å². The van der Waals surface area contributed by atoms with Crippen LogP contribution in [0.4, 0.5) is 5.82 Å². The highest BCUT2D eigenvalue weighted by Gasteiger charge is 2.23. The number of pyridine rings is 2. The molecule has 2 aromatic heterocycles. The maximum absolute atomic E-state index is 13.4. The number of anilines is 1. The Morgan fingerprint density at radius 1 is 1.14 bits per heavy atom. The first-order valence-corrected chi connectivity index (χ1v) is 9.10. The van der Waals surface area contributed by atoms with E-state index in [-0.39, 0.29) is 23.5 Å². The summed E-state index contributed by atoms with van der Waals surface area (Å²) in [6, 6.07) is 14.1. The van der Waals surface area contributed by atoms with Crippen molar-refractivity contribution in [2.75, 3.05) is 19.5 Å². The van der Waals surface area contributed by atoms with Crippen molar-refractivity contribution in [3.63, 3.8) is 0 Å². The summed E-state index contributed by atoms with van der Waals surface area (Å²) in [5.41, 5.74) is 7.23. The van der Waals surface area contributed by atoms with E-state index in [1.807, 2.05) is 24.3 Å². The predicted octanol–water partition coefficient (Wildman–Crippen LogP) is 3.31. The van der Waals surface area contributed by atoms with Gasteiger partial charge in [0.05, 0.1) is 30.3 Å². The highest BCUT2D eigenvalue weighted by Crippen LogP contribution is 2.29. The first-order chi connectivity index (χ1) is 14.1. The van der Waals surface area contributed by atoms with Crippen LogP contribution in [0.2, 0.25) is 0 Å². The van der Waals surface area contributed by atoms with Gasteiger partial charge in [-0.3, -0.25) is 14.3 Å². The molecule has 4 aromatic rings. The Morgan fingerprint density at radius 2 is 1.93 bits per heavy atom. The third-order valence-electron chi connectivity index (χ3n) is 4.76. The van der Waals surface area contributed by atoms with Gasteiger partial charge in [-0.2, -0.15) is 0 Å². The van der Waals surface area contributed by atoms with Crippen molar-refractivity contribution in [1.29, 1.82) is 0 Å². The Hall–Kier alpha value is -3.87. The number of rotatable bonds is 4. The van der Waals surface area contributed by atoms with Crippen LogP contribution in [0.1, 0.15) is 17.3 Å². The molecule has 0 amide bonds. The summed E-state index contributed by atoms with van der Waals surface area (Å²) in [6.45, 7) is 1.90. The molecule has 2 heterocycles. The average Bonchev–Trinajstić information content (AvgIpc) is 2.74. The fourth-order valence-corrected chi connectivity index (χ4v) is 3.45. The van der Waals surface area contributed by atoms with E-state index >= 15 is 0 Å². The molecule has 0 saturated carbocycles. The maximum atomic E-state index is 13.4. The van der Waals surface area contributed by atoms with Crippen molar-refractivity contribution in [3.05, 3.63) is 70.6 Å². The van der Waals surface area contributed by atoms with Gasteiger partial charge in [0, 0.05) is 17.0 Å². The molecule has 0 radical (unpaired) electrons. The second-order valence-corrected chi connectivity index (χ2v) is 6.39. The van der Waals surface area contributed by atoms with Crippen LogP contribution in [0.3, 0.4) is 0 Å². The predicted molar refractivity (Wildman–Crippen MR) is 112 cm³/mol. The zero-order valence-corrected chi connectivity index (χ0v) is 16.0. The topological polar surface area (TPSA) is 96.4 Å². The van der Waals surface area contributed by atoms with Gasteiger partial charge in [-0.1, -0.05) is 18.2 Å². The number of para-hydroxylation sites is 1. The minimum atomic E-state index is -0.595. The Morgan fingerprint density at radius 3 is 2.69 bits per heavy atom. The normalized spacial score (nSPS) is 11.0. The molecule has 0 saturated heterocycles. The van der Waals surface area contributed by atoms with Crippen LogP contribution >= 0.6 is 0 Å². The lowest BCUT2D eigenvalue weighted by Crippen LogP contribution is -2.26. The minimum Gasteiger partial charge on any atom is -0.497 e. The molecule has 7 nitrogen and oxygen atoms in total. The van der Waals surface area contributed by atoms with Gasteiger partial charge in [-0.15, -0.1) is 0 Å². The van der Waals surface area contributed by atoms with E-state index in [9.17, 15) is 9.59 Å². The number of carbonyl (C=O) groups excluding carboxylic acids is 1. The quantitative estimate of drug-likeness (QED) is 0.538. The van der Waals surface area contributed by atoms with Gasteiger partial charge in [0.25, 0.3) is 5.56 Å². The molecule has 0 aliphatic rings. The van der Waals surface area contributed by atoms with Crippen LogP contribution in [0.25, 0.3) is 27.4 Å².